The number of nitrogens with two attached hydrogens (primary N) is 1. The molecule has 0 amide bonds. The Morgan fingerprint density at radius 3 is 2.57 bits per heavy atom. The summed E-state index contributed by atoms with van der Waals surface area (Å²) in [6, 6.07) is 10.1. The highest BCUT2D eigenvalue weighted by Crippen LogP contribution is 2.39. The van der Waals surface area contributed by atoms with E-state index in [4.69, 9.17) is 10.5 Å². The van der Waals surface area contributed by atoms with E-state index in [0.29, 0.717) is 18.2 Å². The molecule has 5 nitrogen and oxygen atoms in total. The topological polar surface area (TPSA) is 66.0 Å². The standard InChI is InChI=1S/C16H18N4O/c1-4-21-16-12(11-8-6-5-7-9-11)13-14(20(16)3)15(17)19-10(2)18-13/h5-9H,4H2,1-3H3,(H2,17,18,19). The molecule has 0 bridgehead atoms. The van der Waals surface area contributed by atoms with E-state index in [1.165, 1.54) is 0 Å². The first-order valence-corrected chi connectivity index (χ1v) is 6.94. The SMILES string of the molecule is CCOc1c(-c2ccccc2)c2nc(C)nc(N)c2n1C. The van der Waals surface area contributed by atoms with Gasteiger partial charge in [-0.15, -0.1) is 0 Å². The second-order valence-corrected chi connectivity index (χ2v) is 4.89. The lowest BCUT2D eigenvalue weighted by Crippen LogP contribution is -2.01. The Morgan fingerprint density at radius 1 is 1.19 bits per heavy atom. The van der Waals surface area contributed by atoms with Gasteiger partial charge in [-0.25, -0.2) is 9.97 Å². The summed E-state index contributed by atoms with van der Waals surface area (Å²) in [6.45, 7) is 4.39. The fraction of sp³-hybridized carbons (Fsp3) is 0.250. The van der Waals surface area contributed by atoms with E-state index in [-0.39, 0.29) is 0 Å². The molecule has 3 rings (SSSR count). The van der Waals surface area contributed by atoms with Gasteiger partial charge in [-0.1, -0.05) is 30.3 Å². The zero-order valence-corrected chi connectivity index (χ0v) is 12.4. The van der Waals surface area contributed by atoms with Gasteiger partial charge in [0, 0.05) is 7.05 Å². The third-order valence-corrected chi connectivity index (χ3v) is 3.46. The molecule has 0 spiro atoms. The van der Waals surface area contributed by atoms with E-state index in [1.54, 1.807) is 0 Å². The first-order valence-electron chi connectivity index (χ1n) is 6.94. The van der Waals surface area contributed by atoms with E-state index in [1.807, 2.05) is 55.8 Å². The molecule has 2 aromatic heterocycles. The third-order valence-electron chi connectivity index (χ3n) is 3.46. The molecular formula is C16H18N4O. The second kappa shape index (κ2) is 5.09. The van der Waals surface area contributed by atoms with Gasteiger partial charge in [0.05, 0.1) is 12.2 Å². The third kappa shape index (κ3) is 2.11. The summed E-state index contributed by atoms with van der Waals surface area (Å²) in [5, 5.41) is 0. The van der Waals surface area contributed by atoms with E-state index in [9.17, 15) is 0 Å². The first kappa shape index (κ1) is 13.4. The molecule has 0 aliphatic heterocycles. The lowest BCUT2D eigenvalue weighted by atomic mass is 10.1. The molecule has 0 radical (unpaired) electrons. The molecule has 0 unspecified atom stereocenters. The molecule has 1 aromatic carbocycles. The molecule has 3 aromatic rings. The van der Waals surface area contributed by atoms with Crippen LogP contribution in [0.3, 0.4) is 0 Å². The van der Waals surface area contributed by atoms with Gasteiger partial charge in [-0.3, -0.25) is 0 Å². The van der Waals surface area contributed by atoms with E-state index in [2.05, 4.69) is 9.97 Å². The summed E-state index contributed by atoms with van der Waals surface area (Å²) in [4.78, 5) is 8.85. The van der Waals surface area contributed by atoms with Gasteiger partial charge in [0.15, 0.2) is 5.82 Å². The molecule has 2 heterocycles. The number of nitrogen functional groups attached to an aromatic ring is 1. The predicted octanol–water partition coefficient (Wildman–Crippen LogP) is 2.92. The number of hydrogen-bond acceptors (Lipinski definition) is 4. The van der Waals surface area contributed by atoms with Gasteiger partial charge in [0.2, 0.25) is 5.88 Å². The molecule has 0 fully saturated rings. The normalized spacial score (nSPS) is 11.0. The van der Waals surface area contributed by atoms with Gasteiger partial charge in [0.1, 0.15) is 16.9 Å². The predicted molar refractivity (Wildman–Crippen MR) is 84.3 cm³/mol. The highest BCUT2D eigenvalue weighted by Gasteiger charge is 2.21. The average molecular weight is 282 g/mol. The van der Waals surface area contributed by atoms with Crippen LogP contribution in [0.15, 0.2) is 30.3 Å². The maximum atomic E-state index is 6.09. The summed E-state index contributed by atoms with van der Waals surface area (Å²) < 4.78 is 7.77. The van der Waals surface area contributed by atoms with Crippen molar-refractivity contribution in [2.75, 3.05) is 12.3 Å². The van der Waals surface area contributed by atoms with Gasteiger partial charge in [-0.2, -0.15) is 0 Å². The maximum absolute atomic E-state index is 6.09. The minimum Gasteiger partial charge on any atom is -0.479 e. The number of rotatable bonds is 3. The van der Waals surface area contributed by atoms with Crippen molar-refractivity contribution in [2.45, 2.75) is 13.8 Å². The number of benzene rings is 1. The second-order valence-electron chi connectivity index (χ2n) is 4.89. The lowest BCUT2D eigenvalue weighted by Gasteiger charge is -2.08. The van der Waals surface area contributed by atoms with Crippen LogP contribution in [0.1, 0.15) is 12.7 Å². The molecule has 21 heavy (non-hydrogen) atoms. The Bertz CT molecular complexity index is 793. The van der Waals surface area contributed by atoms with E-state index < -0.39 is 0 Å². The smallest absolute Gasteiger partial charge is 0.204 e. The average Bonchev–Trinajstić information content (AvgIpc) is 2.73. The van der Waals surface area contributed by atoms with Crippen molar-refractivity contribution in [3.63, 3.8) is 0 Å². The minimum absolute atomic E-state index is 0.475. The van der Waals surface area contributed by atoms with Crippen molar-refractivity contribution in [3.05, 3.63) is 36.2 Å². The first-order chi connectivity index (χ1) is 10.1. The molecule has 0 saturated carbocycles. The number of nitrogens with zero attached hydrogens (tertiary/aromatic N) is 3. The summed E-state index contributed by atoms with van der Waals surface area (Å²) in [5.41, 5.74) is 9.75. The highest BCUT2D eigenvalue weighted by atomic mass is 16.5. The lowest BCUT2D eigenvalue weighted by molar-refractivity contribution is 0.318. The molecule has 0 saturated heterocycles. The van der Waals surface area contributed by atoms with Crippen molar-refractivity contribution in [1.29, 1.82) is 0 Å². The number of aryl methyl sites for hydroxylation is 2. The van der Waals surface area contributed by atoms with Crippen LogP contribution in [0, 0.1) is 6.92 Å². The maximum Gasteiger partial charge on any atom is 0.204 e. The largest absolute Gasteiger partial charge is 0.479 e. The van der Waals surface area contributed by atoms with Crippen LogP contribution >= 0.6 is 0 Å². The summed E-state index contributed by atoms with van der Waals surface area (Å²) in [7, 11) is 1.93. The molecule has 2 N–H and O–H groups in total. The number of fused-ring (bicyclic) bond motifs is 1. The van der Waals surface area contributed by atoms with Crippen LogP contribution in [0.5, 0.6) is 5.88 Å². The Kier molecular flexibility index (Phi) is 3.25. The Hall–Kier alpha value is -2.56. The minimum atomic E-state index is 0.475. The van der Waals surface area contributed by atoms with Gasteiger partial charge < -0.3 is 15.0 Å². The van der Waals surface area contributed by atoms with Crippen LogP contribution in [-0.2, 0) is 7.05 Å². The van der Waals surface area contributed by atoms with Crippen molar-refractivity contribution < 1.29 is 4.74 Å². The van der Waals surface area contributed by atoms with E-state index in [0.717, 1.165) is 28.0 Å². The summed E-state index contributed by atoms with van der Waals surface area (Å²) in [5.74, 6) is 1.90. The fourth-order valence-corrected chi connectivity index (χ4v) is 2.63. The Balaban J connectivity index is 2.43. The molecule has 108 valence electrons. The zero-order valence-electron chi connectivity index (χ0n) is 12.4. The molecule has 0 aliphatic rings. The number of hydrogen-bond donors (Lipinski definition) is 1. The highest BCUT2D eigenvalue weighted by molar-refractivity contribution is 6.01. The van der Waals surface area contributed by atoms with Crippen LogP contribution in [0.2, 0.25) is 0 Å². The van der Waals surface area contributed by atoms with Crippen molar-refractivity contribution in [2.24, 2.45) is 7.05 Å². The quantitative estimate of drug-likeness (QED) is 0.802. The number of ether oxygens (including phenoxy) is 1. The summed E-state index contributed by atoms with van der Waals surface area (Å²) in [6.07, 6.45) is 0. The van der Waals surface area contributed by atoms with E-state index >= 15 is 0 Å². The number of anilines is 1. The van der Waals surface area contributed by atoms with Crippen molar-refractivity contribution >= 4 is 16.9 Å². The van der Waals surface area contributed by atoms with Gasteiger partial charge in [-0.05, 0) is 19.4 Å². The van der Waals surface area contributed by atoms with Crippen molar-refractivity contribution in [1.82, 2.24) is 14.5 Å². The van der Waals surface area contributed by atoms with Crippen molar-refractivity contribution in [3.8, 4) is 17.0 Å². The Labute approximate surface area is 123 Å². The molecule has 5 heteroatoms. The molecule has 0 aliphatic carbocycles. The van der Waals surface area contributed by atoms with Gasteiger partial charge >= 0.3 is 0 Å². The molecule has 0 atom stereocenters. The van der Waals surface area contributed by atoms with Crippen LogP contribution < -0.4 is 10.5 Å². The van der Waals surface area contributed by atoms with Crippen LogP contribution in [-0.4, -0.2) is 21.1 Å². The Morgan fingerprint density at radius 2 is 1.90 bits per heavy atom. The fourth-order valence-electron chi connectivity index (χ4n) is 2.63. The zero-order chi connectivity index (χ0) is 15.0. The van der Waals surface area contributed by atoms with Crippen LogP contribution in [0.4, 0.5) is 5.82 Å². The monoisotopic (exact) mass is 282 g/mol. The van der Waals surface area contributed by atoms with Crippen LogP contribution in [0.25, 0.3) is 22.2 Å². The summed E-state index contributed by atoms with van der Waals surface area (Å²) >= 11 is 0. The molecular weight excluding hydrogens is 264 g/mol. The number of aromatic nitrogens is 3. The van der Waals surface area contributed by atoms with Gasteiger partial charge in [0.25, 0.3) is 0 Å².